The van der Waals surface area contributed by atoms with E-state index in [1.807, 2.05) is 0 Å². The first-order valence-corrected chi connectivity index (χ1v) is 6.28. The van der Waals surface area contributed by atoms with Crippen LogP contribution >= 0.6 is 0 Å². The zero-order chi connectivity index (χ0) is 13.3. The molecule has 0 spiro atoms. The predicted molar refractivity (Wildman–Crippen MR) is 67.9 cm³/mol. The molecule has 1 fully saturated rings. The second-order valence-electron chi connectivity index (χ2n) is 4.87. The second-order valence-corrected chi connectivity index (χ2v) is 4.87. The predicted octanol–water partition coefficient (Wildman–Crippen LogP) is 2.77. The maximum Gasteiger partial charge on any atom is 0.228 e. The summed E-state index contributed by atoms with van der Waals surface area (Å²) in [7, 11) is 0. The van der Waals surface area contributed by atoms with E-state index in [9.17, 15) is 9.18 Å². The Bertz CT molecular complexity index is 588. The van der Waals surface area contributed by atoms with E-state index in [-0.39, 0.29) is 18.1 Å². The summed E-state index contributed by atoms with van der Waals surface area (Å²) >= 11 is 0. The average molecular weight is 259 g/mol. The molecule has 19 heavy (non-hydrogen) atoms. The van der Waals surface area contributed by atoms with Crippen LogP contribution in [0.25, 0.3) is 0 Å². The molecule has 0 saturated heterocycles. The van der Waals surface area contributed by atoms with Crippen LogP contribution in [0.1, 0.15) is 24.2 Å². The van der Waals surface area contributed by atoms with Gasteiger partial charge in [-0.2, -0.15) is 0 Å². The molecule has 1 N–H and O–H groups in total. The third-order valence-corrected chi connectivity index (χ3v) is 3.43. The van der Waals surface area contributed by atoms with E-state index >= 15 is 0 Å². The second kappa shape index (κ2) is 4.53. The summed E-state index contributed by atoms with van der Waals surface area (Å²) in [5.74, 6) is 0.204. The molecule has 98 valence electrons. The Morgan fingerprint density at radius 3 is 2.68 bits per heavy atom. The Hall–Kier alpha value is -2.10. The van der Waals surface area contributed by atoms with Crippen molar-refractivity contribution in [1.29, 1.82) is 0 Å². The molecule has 0 atom stereocenters. The fraction of sp³-hybridized carbons (Fsp3) is 0.267. The highest BCUT2D eigenvalue weighted by atomic mass is 19.1. The molecule has 1 saturated carbocycles. The van der Waals surface area contributed by atoms with E-state index in [1.165, 1.54) is 12.3 Å². The molecule has 1 aliphatic rings. The van der Waals surface area contributed by atoms with Crippen LogP contribution in [0.4, 0.5) is 4.39 Å². The van der Waals surface area contributed by atoms with E-state index in [0.717, 1.165) is 12.8 Å². The summed E-state index contributed by atoms with van der Waals surface area (Å²) in [5.41, 5.74) is 0.0532. The van der Waals surface area contributed by atoms with Gasteiger partial charge < -0.3 is 9.73 Å². The van der Waals surface area contributed by atoms with Crippen LogP contribution in [0.5, 0.6) is 0 Å². The molecule has 2 aromatic rings. The molecule has 1 aromatic carbocycles. The third kappa shape index (κ3) is 2.38. The standard InChI is InChI=1S/C15H14FNO2/c16-13-6-2-1-5-12(13)15(7-8-15)17-14(18)10-11-4-3-9-19-11/h1-6,9H,7-8,10H2,(H,17,18). The van der Waals surface area contributed by atoms with Crippen molar-refractivity contribution in [2.24, 2.45) is 0 Å². The van der Waals surface area contributed by atoms with Crippen LogP contribution in [-0.4, -0.2) is 5.91 Å². The van der Waals surface area contributed by atoms with E-state index < -0.39 is 5.54 Å². The maximum absolute atomic E-state index is 13.8. The number of hydrogen-bond donors (Lipinski definition) is 1. The number of carbonyl (C=O) groups is 1. The minimum absolute atomic E-state index is 0.143. The number of hydrogen-bond acceptors (Lipinski definition) is 2. The summed E-state index contributed by atoms with van der Waals surface area (Å²) in [6, 6.07) is 10.1. The lowest BCUT2D eigenvalue weighted by atomic mass is 10.0. The molecule has 1 aromatic heterocycles. The van der Waals surface area contributed by atoms with E-state index in [1.54, 1.807) is 30.3 Å². The molecule has 1 aliphatic carbocycles. The van der Waals surface area contributed by atoms with E-state index in [0.29, 0.717) is 11.3 Å². The van der Waals surface area contributed by atoms with Crippen LogP contribution in [-0.2, 0) is 16.8 Å². The first-order valence-electron chi connectivity index (χ1n) is 6.28. The lowest BCUT2D eigenvalue weighted by molar-refractivity contribution is -0.121. The smallest absolute Gasteiger partial charge is 0.228 e. The van der Waals surface area contributed by atoms with Gasteiger partial charge in [0, 0.05) is 5.56 Å². The Balaban J connectivity index is 1.73. The molecule has 0 aliphatic heterocycles. The minimum atomic E-state index is -0.519. The SMILES string of the molecule is O=C(Cc1ccco1)NC1(c2ccccc2F)CC1. The van der Waals surface area contributed by atoms with Crippen LogP contribution < -0.4 is 5.32 Å². The number of furan rings is 1. The Morgan fingerprint density at radius 1 is 1.26 bits per heavy atom. The molecule has 1 amide bonds. The lowest BCUT2D eigenvalue weighted by Gasteiger charge is -2.18. The topological polar surface area (TPSA) is 42.2 Å². The molecule has 3 nitrogen and oxygen atoms in total. The molecule has 0 radical (unpaired) electrons. The van der Waals surface area contributed by atoms with Gasteiger partial charge in [-0.15, -0.1) is 0 Å². The monoisotopic (exact) mass is 259 g/mol. The van der Waals surface area contributed by atoms with Gasteiger partial charge in [-0.05, 0) is 31.0 Å². The molecule has 3 rings (SSSR count). The minimum Gasteiger partial charge on any atom is -0.469 e. The highest BCUT2D eigenvalue weighted by Gasteiger charge is 2.47. The Labute approximate surface area is 110 Å². The molecule has 0 bridgehead atoms. The lowest BCUT2D eigenvalue weighted by Crippen LogP contribution is -2.36. The summed E-state index contributed by atoms with van der Waals surface area (Å²) < 4.78 is 18.9. The fourth-order valence-corrected chi connectivity index (χ4v) is 2.32. The van der Waals surface area contributed by atoms with Crippen molar-refractivity contribution in [3.63, 3.8) is 0 Å². The number of amides is 1. The van der Waals surface area contributed by atoms with Crippen molar-refractivity contribution in [3.8, 4) is 0 Å². The van der Waals surface area contributed by atoms with Gasteiger partial charge in [0.25, 0.3) is 0 Å². The van der Waals surface area contributed by atoms with Gasteiger partial charge in [0.15, 0.2) is 0 Å². The van der Waals surface area contributed by atoms with Gasteiger partial charge in [0.1, 0.15) is 11.6 Å². The number of halogens is 1. The maximum atomic E-state index is 13.8. The Kier molecular flexibility index (Phi) is 2.85. The fourth-order valence-electron chi connectivity index (χ4n) is 2.32. The quantitative estimate of drug-likeness (QED) is 0.917. The van der Waals surface area contributed by atoms with Crippen LogP contribution in [0.15, 0.2) is 47.1 Å². The van der Waals surface area contributed by atoms with Crippen LogP contribution in [0.3, 0.4) is 0 Å². The number of nitrogens with one attached hydrogen (secondary N) is 1. The Morgan fingerprint density at radius 2 is 2.05 bits per heavy atom. The van der Waals surface area contributed by atoms with Crippen molar-refractivity contribution < 1.29 is 13.6 Å². The van der Waals surface area contributed by atoms with Crippen molar-refractivity contribution in [3.05, 3.63) is 59.8 Å². The van der Waals surface area contributed by atoms with Crippen molar-refractivity contribution in [2.75, 3.05) is 0 Å². The zero-order valence-electron chi connectivity index (χ0n) is 10.4. The van der Waals surface area contributed by atoms with Crippen molar-refractivity contribution in [1.82, 2.24) is 5.32 Å². The summed E-state index contributed by atoms with van der Waals surface area (Å²) in [5, 5.41) is 2.92. The van der Waals surface area contributed by atoms with Gasteiger partial charge in [-0.1, -0.05) is 18.2 Å². The van der Waals surface area contributed by atoms with Crippen LogP contribution in [0, 0.1) is 5.82 Å². The van der Waals surface area contributed by atoms with Crippen LogP contribution in [0.2, 0.25) is 0 Å². The molecule has 4 heteroatoms. The van der Waals surface area contributed by atoms with Crippen molar-refractivity contribution >= 4 is 5.91 Å². The third-order valence-electron chi connectivity index (χ3n) is 3.43. The first-order chi connectivity index (χ1) is 9.20. The van der Waals surface area contributed by atoms with E-state index in [2.05, 4.69) is 5.32 Å². The van der Waals surface area contributed by atoms with Crippen molar-refractivity contribution in [2.45, 2.75) is 24.8 Å². The number of carbonyl (C=O) groups excluding carboxylic acids is 1. The average Bonchev–Trinajstić information content (AvgIpc) is 2.97. The highest BCUT2D eigenvalue weighted by Crippen LogP contribution is 2.46. The summed E-state index contributed by atoms with van der Waals surface area (Å²) in [6.07, 6.45) is 3.27. The molecule has 1 heterocycles. The normalized spacial score (nSPS) is 16.1. The van der Waals surface area contributed by atoms with Gasteiger partial charge in [0.2, 0.25) is 5.91 Å². The largest absolute Gasteiger partial charge is 0.469 e. The van der Waals surface area contributed by atoms with Gasteiger partial charge >= 0.3 is 0 Å². The number of rotatable bonds is 4. The molecule has 0 unspecified atom stereocenters. The summed E-state index contributed by atoms with van der Waals surface area (Å²) in [4.78, 5) is 12.0. The zero-order valence-corrected chi connectivity index (χ0v) is 10.4. The molecular formula is C15H14FNO2. The summed E-state index contributed by atoms with van der Waals surface area (Å²) in [6.45, 7) is 0. The first kappa shape index (κ1) is 12.0. The highest BCUT2D eigenvalue weighted by molar-refractivity contribution is 5.79. The van der Waals surface area contributed by atoms with Gasteiger partial charge in [0.05, 0.1) is 18.2 Å². The van der Waals surface area contributed by atoms with Gasteiger partial charge in [-0.25, -0.2) is 4.39 Å². The van der Waals surface area contributed by atoms with E-state index in [4.69, 9.17) is 4.42 Å². The number of benzene rings is 1. The molecular weight excluding hydrogens is 245 g/mol. The van der Waals surface area contributed by atoms with Gasteiger partial charge in [-0.3, -0.25) is 4.79 Å².